The highest BCUT2D eigenvalue weighted by atomic mass is 16.2. The third kappa shape index (κ3) is 6.08. The number of hydrogen-bond acceptors (Lipinski definition) is 3. The summed E-state index contributed by atoms with van der Waals surface area (Å²) in [5.41, 5.74) is 0. The monoisotopic (exact) mass is 229 g/mol. The van der Waals surface area contributed by atoms with Gasteiger partial charge in [-0.2, -0.15) is 0 Å². The molecule has 0 aliphatic carbocycles. The zero-order valence-electron chi connectivity index (χ0n) is 11.5. The summed E-state index contributed by atoms with van der Waals surface area (Å²) in [7, 11) is 5.91. The summed E-state index contributed by atoms with van der Waals surface area (Å²) in [6.45, 7) is 6.99. The number of likely N-dealkylation sites (N-methyl/N-ethyl adjacent to an activating group) is 2. The Balaban J connectivity index is 4.06. The van der Waals surface area contributed by atoms with Gasteiger partial charge in [0.05, 0.1) is 6.04 Å². The molecule has 0 aromatic heterocycles. The minimum Gasteiger partial charge on any atom is -0.353 e. The Kier molecular flexibility index (Phi) is 7.34. The van der Waals surface area contributed by atoms with Crippen molar-refractivity contribution in [2.45, 2.75) is 39.3 Å². The fourth-order valence-corrected chi connectivity index (χ4v) is 1.52. The number of nitrogens with one attached hydrogen (secondary N) is 2. The maximum absolute atomic E-state index is 11.6. The molecule has 1 amide bonds. The summed E-state index contributed by atoms with van der Waals surface area (Å²) in [5, 5.41) is 5.91. The van der Waals surface area contributed by atoms with E-state index in [-0.39, 0.29) is 11.9 Å². The molecule has 0 aromatic rings. The Labute approximate surface area is 99.8 Å². The third-order valence-corrected chi connectivity index (χ3v) is 2.81. The highest BCUT2D eigenvalue weighted by Gasteiger charge is 2.16. The predicted molar refractivity (Wildman–Crippen MR) is 68.5 cm³/mol. The first kappa shape index (κ1) is 15.4. The average Bonchev–Trinajstić information content (AvgIpc) is 2.21. The van der Waals surface area contributed by atoms with Crippen LogP contribution in [0.5, 0.6) is 0 Å². The van der Waals surface area contributed by atoms with E-state index in [1.165, 1.54) is 0 Å². The van der Waals surface area contributed by atoms with Crippen LogP contribution in [0.4, 0.5) is 0 Å². The maximum Gasteiger partial charge on any atom is 0.236 e. The largest absolute Gasteiger partial charge is 0.353 e. The zero-order chi connectivity index (χ0) is 12.7. The Hall–Kier alpha value is -0.610. The van der Waals surface area contributed by atoms with Gasteiger partial charge in [-0.3, -0.25) is 4.79 Å². The predicted octanol–water partition coefficient (Wildman–Crippen LogP) is 0.687. The van der Waals surface area contributed by atoms with Crippen LogP contribution < -0.4 is 10.6 Å². The molecule has 0 saturated carbocycles. The van der Waals surface area contributed by atoms with E-state index in [2.05, 4.69) is 43.5 Å². The van der Waals surface area contributed by atoms with E-state index < -0.39 is 0 Å². The molecule has 0 radical (unpaired) electrons. The van der Waals surface area contributed by atoms with E-state index in [1.54, 1.807) is 7.05 Å². The van der Waals surface area contributed by atoms with Crippen LogP contribution >= 0.6 is 0 Å². The lowest BCUT2D eigenvalue weighted by molar-refractivity contribution is -0.122. The number of nitrogens with zero attached hydrogens (tertiary/aromatic N) is 1. The van der Waals surface area contributed by atoms with Crippen LogP contribution in [0.3, 0.4) is 0 Å². The smallest absolute Gasteiger partial charge is 0.236 e. The summed E-state index contributed by atoms with van der Waals surface area (Å²) >= 11 is 0. The SMILES string of the molecule is CNC(C)C(=O)NCC(CC(C)C)N(C)C. The summed E-state index contributed by atoms with van der Waals surface area (Å²) in [6, 6.07) is 0.287. The molecule has 2 unspecified atom stereocenters. The molecule has 2 N–H and O–H groups in total. The molecular formula is C12H27N3O. The number of hydrogen-bond donors (Lipinski definition) is 2. The van der Waals surface area contributed by atoms with Gasteiger partial charge in [0.15, 0.2) is 0 Å². The van der Waals surface area contributed by atoms with Crippen LogP contribution in [0.2, 0.25) is 0 Å². The van der Waals surface area contributed by atoms with E-state index in [0.717, 1.165) is 13.0 Å². The zero-order valence-corrected chi connectivity index (χ0v) is 11.5. The Morgan fingerprint density at radius 3 is 2.19 bits per heavy atom. The average molecular weight is 229 g/mol. The fourth-order valence-electron chi connectivity index (χ4n) is 1.52. The molecule has 0 bridgehead atoms. The van der Waals surface area contributed by atoms with Gasteiger partial charge in [-0.15, -0.1) is 0 Å². The molecule has 0 spiro atoms. The quantitative estimate of drug-likeness (QED) is 0.675. The number of rotatable bonds is 7. The first-order chi connectivity index (χ1) is 7.38. The minimum atomic E-state index is -0.123. The van der Waals surface area contributed by atoms with Gasteiger partial charge in [0, 0.05) is 12.6 Å². The van der Waals surface area contributed by atoms with Gasteiger partial charge < -0.3 is 15.5 Å². The second-order valence-corrected chi connectivity index (χ2v) is 5.00. The van der Waals surface area contributed by atoms with Crippen molar-refractivity contribution in [3.8, 4) is 0 Å². The van der Waals surface area contributed by atoms with Crippen molar-refractivity contribution in [2.24, 2.45) is 5.92 Å². The van der Waals surface area contributed by atoms with Gasteiger partial charge in [-0.05, 0) is 40.4 Å². The summed E-state index contributed by atoms with van der Waals surface area (Å²) < 4.78 is 0. The van der Waals surface area contributed by atoms with E-state index in [9.17, 15) is 4.79 Å². The second-order valence-electron chi connectivity index (χ2n) is 5.00. The van der Waals surface area contributed by atoms with E-state index >= 15 is 0 Å². The van der Waals surface area contributed by atoms with Crippen LogP contribution in [-0.4, -0.2) is 50.6 Å². The van der Waals surface area contributed by atoms with E-state index in [1.807, 2.05) is 6.92 Å². The van der Waals surface area contributed by atoms with Crippen LogP contribution in [0.15, 0.2) is 0 Å². The van der Waals surface area contributed by atoms with Gasteiger partial charge in [0.1, 0.15) is 0 Å². The minimum absolute atomic E-state index is 0.0677. The van der Waals surface area contributed by atoms with Crippen molar-refractivity contribution >= 4 is 5.91 Å². The second kappa shape index (κ2) is 7.63. The van der Waals surface area contributed by atoms with Crippen LogP contribution in [0.1, 0.15) is 27.2 Å². The molecule has 96 valence electrons. The summed E-state index contributed by atoms with van der Waals surface area (Å²) in [6.07, 6.45) is 1.10. The number of amides is 1. The first-order valence-electron chi connectivity index (χ1n) is 5.99. The topological polar surface area (TPSA) is 44.4 Å². The van der Waals surface area contributed by atoms with Crippen LogP contribution in [0, 0.1) is 5.92 Å². The normalized spacial score (nSPS) is 15.2. The molecule has 0 saturated heterocycles. The highest BCUT2D eigenvalue weighted by molar-refractivity contribution is 5.81. The molecule has 0 aromatic carbocycles. The van der Waals surface area contributed by atoms with Crippen LogP contribution in [0.25, 0.3) is 0 Å². The summed E-state index contributed by atoms with van der Waals surface area (Å²) in [5.74, 6) is 0.712. The first-order valence-corrected chi connectivity index (χ1v) is 5.99. The number of carbonyl (C=O) groups is 1. The number of carbonyl (C=O) groups excluding carboxylic acids is 1. The van der Waals surface area contributed by atoms with Crippen molar-refractivity contribution in [3.63, 3.8) is 0 Å². The van der Waals surface area contributed by atoms with Crippen molar-refractivity contribution in [1.29, 1.82) is 0 Å². The lowest BCUT2D eigenvalue weighted by Crippen LogP contribution is -2.46. The Morgan fingerprint density at radius 2 is 1.81 bits per heavy atom. The van der Waals surface area contributed by atoms with Gasteiger partial charge in [0.25, 0.3) is 0 Å². The molecule has 16 heavy (non-hydrogen) atoms. The molecule has 0 heterocycles. The molecule has 0 fully saturated rings. The lowest BCUT2D eigenvalue weighted by atomic mass is 10.0. The molecule has 4 heteroatoms. The van der Waals surface area contributed by atoms with E-state index in [4.69, 9.17) is 0 Å². The molecule has 2 atom stereocenters. The fraction of sp³-hybridized carbons (Fsp3) is 0.917. The third-order valence-electron chi connectivity index (χ3n) is 2.81. The highest BCUT2D eigenvalue weighted by Crippen LogP contribution is 2.08. The molecule has 0 rings (SSSR count). The van der Waals surface area contributed by atoms with E-state index in [0.29, 0.717) is 12.0 Å². The van der Waals surface area contributed by atoms with Crippen molar-refractivity contribution in [1.82, 2.24) is 15.5 Å². The van der Waals surface area contributed by atoms with Gasteiger partial charge in [0.2, 0.25) is 5.91 Å². The Morgan fingerprint density at radius 1 is 1.25 bits per heavy atom. The standard InChI is InChI=1S/C12H27N3O/c1-9(2)7-11(15(5)6)8-14-12(16)10(3)13-4/h9-11,13H,7-8H2,1-6H3,(H,14,16). The van der Waals surface area contributed by atoms with Crippen molar-refractivity contribution < 1.29 is 4.79 Å². The summed E-state index contributed by atoms with van der Waals surface area (Å²) in [4.78, 5) is 13.8. The Bertz CT molecular complexity index is 204. The maximum atomic E-state index is 11.6. The lowest BCUT2D eigenvalue weighted by Gasteiger charge is -2.26. The van der Waals surface area contributed by atoms with Gasteiger partial charge in [-0.25, -0.2) is 0 Å². The van der Waals surface area contributed by atoms with Crippen LogP contribution in [-0.2, 0) is 4.79 Å². The molecule has 0 aliphatic heterocycles. The molecular weight excluding hydrogens is 202 g/mol. The van der Waals surface area contributed by atoms with Gasteiger partial charge in [-0.1, -0.05) is 13.8 Å². The van der Waals surface area contributed by atoms with Crippen molar-refractivity contribution in [3.05, 3.63) is 0 Å². The molecule has 0 aliphatic rings. The molecule has 4 nitrogen and oxygen atoms in total. The van der Waals surface area contributed by atoms with Gasteiger partial charge >= 0.3 is 0 Å². The van der Waals surface area contributed by atoms with Crippen molar-refractivity contribution in [2.75, 3.05) is 27.7 Å².